The lowest BCUT2D eigenvalue weighted by Crippen LogP contribution is -2.14. The van der Waals surface area contributed by atoms with Crippen LogP contribution in [0.2, 0.25) is 5.02 Å². The Balaban J connectivity index is 1.31. The largest absolute Gasteiger partial charge is 0.322 e. The number of carbonyl (C=O) groups excluding carboxylic acids is 1. The molecule has 0 bridgehead atoms. The van der Waals surface area contributed by atoms with E-state index >= 15 is 0 Å². The van der Waals surface area contributed by atoms with E-state index in [1.165, 1.54) is 17.7 Å². The molecule has 0 spiro atoms. The number of hydrogen-bond donors (Lipinski definition) is 2. The Bertz CT molecular complexity index is 1380. The third-order valence-corrected chi connectivity index (χ3v) is 7.84. The van der Waals surface area contributed by atoms with Gasteiger partial charge in [0.25, 0.3) is 15.9 Å². The smallest absolute Gasteiger partial charge is 0.261 e. The fraction of sp³-hybridized carbons (Fsp3) is 0.0741. The summed E-state index contributed by atoms with van der Waals surface area (Å²) >= 11 is 7.66. The van der Waals surface area contributed by atoms with Crippen LogP contribution in [-0.4, -0.2) is 14.3 Å². The maximum absolute atomic E-state index is 12.6. The van der Waals surface area contributed by atoms with Crippen LogP contribution in [-0.2, 0) is 21.5 Å². The van der Waals surface area contributed by atoms with Gasteiger partial charge in [0, 0.05) is 33.5 Å². The molecule has 0 heterocycles. The number of carbonyl (C=O) groups is 1. The van der Waals surface area contributed by atoms with Crippen molar-refractivity contribution in [3.8, 4) is 0 Å². The minimum Gasteiger partial charge on any atom is -0.322 e. The van der Waals surface area contributed by atoms with E-state index in [0.29, 0.717) is 22.0 Å². The zero-order valence-electron chi connectivity index (χ0n) is 18.6. The van der Waals surface area contributed by atoms with Gasteiger partial charge in [-0.1, -0.05) is 54.1 Å². The third-order valence-electron chi connectivity index (χ3n) is 5.12. The number of nitrogens with one attached hydrogen (secondary N) is 2. The molecule has 0 saturated carbocycles. The van der Waals surface area contributed by atoms with E-state index < -0.39 is 10.0 Å². The van der Waals surface area contributed by atoms with Crippen molar-refractivity contribution in [3.63, 3.8) is 0 Å². The van der Waals surface area contributed by atoms with E-state index in [1.54, 1.807) is 48.5 Å². The first kappa shape index (κ1) is 24.9. The van der Waals surface area contributed by atoms with E-state index in [9.17, 15) is 13.2 Å². The van der Waals surface area contributed by atoms with Gasteiger partial charge in [0.1, 0.15) is 0 Å². The number of halogens is 1. The molecule has 0 radical (unpaired) electrons. The highest BCUT2D eigenvalue weighted by molar-refractivity contribution is 7.97. The fourth-order valence-electron chi connectivity index (χ4n) is 3.27. The highest BCUT2D eigenvalue weighted by Gasteiger charge is 2.15. The predicted molar refractivity (Wildman–Crippen MR) is 145 cm³/mol. The van der Waals surface area contributed by atoms with Gasteiger partial charge in [0.15, 0.2) is 0 Å². The van der Waals surface area contributed by atoms with E-state index in [1.807, 2.05) is 42.1 Å². The number of thioether (sulfide) groups is 1. The lowest BCUT2D eigenvalue weighted by molar-refractivity contribution is 0.102. The Morgan fingerprint density at radius 3 is 1.91 bits per heavy atom. The number of anilines is 2. The van der Waals surface area contributed by atoms with Gasteiger partial charge in [-0.25, -0.2) is 8.42 Å². The number of hydrogen-bond acceptors (Lipinski definition) is 4. The molecule has 0 aliphatic rings. The van der Waals surface area contributed by atoms with Gasteiger partial charge < -0.3 is 5.32 Å². The van der Waals surface area contributed by atoms with Crippen LogP contribution in [0.4, 0.5) is 11.4 Å². The van der Waals surface area contributed by atoms with Gasteiger partial charge in [0.2, 0.25) is 0 Å². The van der Waals surface area contributed by atoms with Crippen molar-refractivity contribution < 1.29 is 13.2 Å². The number of benzene rings is 4. The zero-order chi connectivity index (χ0) is 24.7. The molecule has 1 amide bonds. The molecule has 4 aromatic carbocycles. The van der Waals surface area contributed by atoms with E-state index in [2.05, 4.69) is 22.2 Å². The Morgan fingerprint density at radius 2 is 1.29 bits per heavy atom. The SMILES string of the molecule is O=C(Nc1ccc(S(=O)(=O)Nc2ccc(Cl)cc2)cc1)c1ccc(CSCc2ccccc2)cc1. The zero-order valence-corrected chi connectivity index (χ0v) is 21.0. The highest BCUT2D eigenvalue weighted by atomic mass is 35.5. The first-order valence-electron chi connectivity index (χ1n) is 10.8. The van der Waals surface area contributed by atoms with Crippen molar-refractivity contribution in [2.45, 2.75) is 16.4 Å². The standard InChI is InChI=1S/C27H23ClN2O3S2/c28-23-10-12-25(13-11-23)30-35(32,33)26-16-14-24(15-17-26)29-27(31)22-8-6-21(7-9-22)19-34-18-20-4-2-1-3-5-20/h1-17,30H,18-19H2,(H,29,31). The van der Waals surface area contributed by atoms with Crippen molar-refractivity contribution in [3.05, 3.63) is 125 Å². The minimum absolute atomic E-state index is 0.0859. The monoisotopic (exact) mass is 522 g/mol. The number of sulfonamides is 1. The molecule has 0 aromatic heterocycles. The molecule has 0 aliphatic carbocycles. The molecule has 0 aliphatic heterocycles. The van der Waals surface area contributed by atoms with Gasteiger partial charge in [0.05, 0.1) is 4.90 Å². The predicted octanol–water partition coefficient (Wildman–Crippen LogP) is 6.83. The van der Waals surface area contributed by atoms with Crippen LogP contribution in [0.1, 0.15) is 21.5 Å². The second kappa shape index (κ2) is 11.4. The van der Waals surface area contributed by atoms with Crippen LogP contribution in [0.25, 0.3) is 0 Å². The van der Waals surface area contributed by atoms with Crippen LogP contribution in [0, 0.1) is 0 Å². The van der Waals surface area contributed by atoms with Crippen LogP contribution in [0.15, 0.2) is 108 Å². The summed E-state index contributed by atoms with van der Waals surface area (Å²) in [6.45, 7) is 0. The molecule has 2 N–H and O–H groups in total. The molecule has 35 heavy (non-hydrogen) atoms. The van der Waals surface area contributed by atoms with Crippen LogP contribution < -0.4 is 10.0 Å². The third kappa shape index (κ3) is 7.11. The second-order valence-corrected chi connectivity index (χ2v) is 10.9. The summed E-state index contributed by atoms with van der Waals surface area (Å²) in [5, 5.41) is 3.32. The summed E-state index contributed by atoms with van der Waals surface area (Å²) in [4.78, 5) is 12.7. The Kier molecular flexibility index (Phi) is 8.13. The molecule has 0 unspecified atom stereocenters. The van der Waals surface area contributed by atoms with E-state index in [-0.39, 0.29) is 10.8 Å². The van der Waals surface area contributed by atoms with Crippen molar-refractivity contribution >= 4 is 50.7 Å². The molecule has 178 valence electrons. The molecule has 0 atom stereocenters. The van der Waals surface area contributed by atoms with Crippen molar-refractivity contribution in [1.29, 1.82) is 0 Å². The summed E-state index contributed by atoms with van der Waals surface area (Å²) in [6, 6.07) is 30.2. The molecule has 8 heteroatoms. The molecule has 0 saturated heterocycles. The number of amides is 1. The molecule has 0 fully saturated rings. The topological polar surface area (TPSA) is 75.3 Å². The molecule has 4 aromatic rings. The normalized spacial score (nSPS) is 11.1. The van der Waals surface area contributed by atoms with Crippen molar-refractivity contribution in [2.24, 2.45) is 0 Å². The molecule has 5 nitrogen and oxygen atoms in total. The average molecular weight is 523 g/mol. The summed E-state index contributed by atoms with van der Waals surface area (Å²) in [7, 11) is -3.76. The molecule has 4 rings (SSSR count). The van der Waals surface area contributed by atoms with Crippen LogP contribution in [0.5, 0.6) is 0 Å². The Hall–Kier alpha value is -3.26. The Labute approximate surface area is 214 Å². The van der Waals surface area contributed by atoms with Crippen molar-refractivity contribution in [1.82, 2.24) is 0 Å². The van der Waals surface area contributed by atoms with Crippen molar-refractivity contribution in [2.75, 3.05) is 10.0 Å². The van der Waals surface area contributed by atoms with Crippen LogP contribution >= 0.6 is 23.4 Å². The van der Waals surface area contributed by atoms with Gasteiger partial charge in [-0.15, -0.1) is 0 Å². The fourth-order valence-corrected chi connectivity index (χ4v) is 5.41. The number of rotatable bonds is 9. The maximum Gasteiger partial charge on any atom is 0.261 e. The summed E-state index contributed by atoms with van der Waals surface area (Å²) < 4.78 is 27.7. The lowest BCUT2D eigenvalue weighted by Gasteiger charge is -2.10. The van der Waals surface area contributed by atoms with Gasteiger partial charge in [-0.3, -0.25) is 9.52 Å². The average Bonchev–Trinajstić information content (AvgIpc) is 2.87. The molecular formula is C27H23ClN2O3S2. The van der Waals surface area contributed by atoms with Gasteiger partial charge in [-0.05, 0) is 71.8 Å². The first-order chi connectivity index (χ1) is 16.9. The van der Waals surface area contributed by atoms with Gasteiger partial charge >= 0.3 is 0 Å². The first-order valence-corrected chi connectivity index (χ1v) is 13.8. The minimum atomic E-state index is -3.76. The highest BCUT2D eigenvalue weighted by Crippen LogP contribution is 2.21. The second-order valence-electron chi connectivity index (χ2n) is 7.77. The van der Waals surface area contributed by atoms with E-state index in [0.717, 1.165) is 17.1 Å². The summed E-state index contributed by atoms with van der Waals surface area (Å²) in [5.74, 6) is 1.53. The summed E-state index contributed by atoms with van der Waals surface area (Å²) in [5.41, 5.74) is 3.87. The van der Waals surface area contributed by atoms with E-state index in [4.69, 9.17) is 11.6 Å². The molecular weight excluding hydrogens is 500 g/mol. The Morgan fingerprint density at radius 1 is 0.714 bits per heavy atom. The maximum atomic E-state index is 12.6. The quantitative estimate of drug-likeness (QED) is 0.253. The summed E-state index contributed by atoms with van der Waals surface area (Å²) in [6.07, 6.45) is 0. The lowest BCUT2D eigenvalue weighted by atomic mass is 10.1. The van der Waals surface area contributed by atoms with Gasteiger partial charge in [-0.2, -0.15) is 11.8 Å². The van der Waals surface area contributed by atoms with Crippen LogP contribution in [0.3, 0.4) is 0 Å².